The van der Waals surface area contributed by atoms with E-state index in [2.05, 4.69) is 10.4 Å². The number of rotatable bonds is 1. The predicted molar refractivity (Wildman–Crippen MR) is 70.5 cm³/mol. The zero-order valence-corrected chi connectivity index (χ0v) is 11.5. The summed E-state index contributed by atoms with van der Waals surface area (Å²) in [5, 5.41) is 6.66. The van der Waals surface area contributed by atoms with E-state index < -0.39 is 22.9 Å². The van der Waals surface area contributed by atoms with Crippen LogP contribution in [0.3, 0.4) is 0 Å². The van der Waals surface area contributed by atoms with Gasteiger partial charge in [0.2, 0.25) is 11.8 Å². The highest BCUT2D eigenvalue weighted by atomic mass is 32.2. The smallest absolute Gasteiger partial charge is 0.241 e. The van der Waals surface area contributed by atoms with E-state index in [1.165, 1.54) is 13.8 Å². The van der Waals surface area contributed by atoms with Crippen molar-refractivity contribution >= 4 is 28.7 Å². The minimum absolute atomic E-state index is 0.00528. The van der Waals surface area contributed by atoms with Crippen LogP contribution in [0.5, 0.6) is 0 Å². The average molecular weight is 299 g/mol. The first kappa shape index (κ1) is 14.4. The molecule has 0 saturated carbocycles. The molecule has 5 nitrogen and oxygen atoms in total. The van der Waals surface area contributed by atoms with E-state index in [4.69, 9.17) is 0 Å². The van der Waals surface area contributed by atoms with Crippen LogP contribution in [-0.4, -0.2) is 22.0 Å². The normalized spacial score (nSPS) is 17.9. The van der Waals surface area contributed by atoms with Gasteiger partial charge in [-0.05, 0) is 18.2 Å². The van der Waals surface area contributed by atoms with Gasteiger partial charge in [-0.3, -0.25) is 9.59 Å². The number of nitrogens with one attached hydrogen (secondary N) is 1. The molecule has 0 aromatic heterocycles. The molecule has 1 N–H and O–H groups in total. The Morgan fingerprint density at radius 1 is 1.35 bits per heavy atom. The SMILES string of the molecule is CC(=O)NC1=NN(C(C)=O)C(c2cc(F)ccc2F)S1. The van der Waals surface area contributed by atoms with Crippen LogP contribution in [0.1, 0.15) is 24.8 Å². The van der Waals surface area contributed by atoms with Crippen molar-refractivity contribution in [2.24, 2.45) is 5.10 Å². The maximum atomic E-state index is 13.8. The molecule has 2 rings (SSSR count). The molecular weight excluding hydrogens is 288 g/mol. The van der Waals surface area contributed by atoms with Crippen LogP contribution in [0.25, 0.3) is 0 Å². The maximum absolute atomic E-state index is 13.8. The lowest BCUT2D eigenvalue weighted by molar-refractivity contribution is -0.129. The van der Waals surface area contributed by atoms with Crippen molar-refractivity contribution in [3.8, 4) is 0 Å². The van der Waals surface area contributed by atoms with Gasteiger partial charge in [0.05, 0.1) is 0 Å². The van der Waals surface area contributed by atoms with Crippen LogP contribution in [0, 0.1) is 11.6 Å². The second-order valence-electron chi connectivity index (χ2n) is 4.09. The van der Waals surface area contributed by atoms with Gasteiger partial charge in [0.25, 0.3) is 0 Å². The topological polar surface area (TPSA) is 61.8 Å². The number of hydrogen-bond acceptors (Lipinski definition) is 4. The Morgan fingerprint density at radius 3 is 2.65 bits per heavy atom. The Labute approximate surface area is 118 Å². The summed E-state index contributed by atoms with van der Waals surface area (Å²) >= 11 is 0.968. The first-order chi connectivity index (χ1) is 9.38. The van der Waals surface area contributed by atoms with Gasteiger partial charge in [0.15, 0.2) is 5.17 Å². The molecule has 0 bridgehead atoms. The van der Waals surface area contributed by atoms with Crippen molar-refractivity contribution in [2.75, 3.05) is 0 Å². The summed E-state index contributed by atoms with van der Waals surface area (Å²) in [6, 6.07) is 2.99. The van der Waals surface area contributed by atoms with Crippen LogP contribution in [0.15, 0.2) is 23.3 Å². The van der Waals surface area contributed by atoms with Crippen LogP contribution in [0.2, 0.25) is 0 Å². The van der Waals surface area contributed by atoms with Crippen molar-refractivity contribution in [1.29, 1.82) is 0 Å². The molecule has 1 aliphatic rings. The van der Waals surface area contributed by atoms with E-state index >= 15 is 0 Å². The number of hydrogen-bond donors (Lipinski definition) is 1. The lowest BCUT2D eigenvalue weighted by atomic mass is 10.2. The summed E-state index contributed by atoms with van der Waals surface area (Å²) in [5.41, 5.74) is -0.00528. The number of amidine groups is 1. The van der Waals surface area contributed by atoms with E-state index in [0.29, 0.717) is 0 Å². The van der Waals surface area contributed by atoms with Crippen LogP contribution in [0.4, 0.5) is 8.78 Å². The van der Waals surface area contributed by atoms with Gasteiger partial charge in [-0.25, -0.2) is 13.8 Å². The third-order valence-corrected chi connectivity index (χ3v) is 3.56. The summed E-state index contributed by atoms with van der Waals surface area (Å²) in [6.07, 6.45) is 0. The molecule has 0 saturated heterocycles. The number of halogens is 2. The highest BCUT2D eigenvalue weighted by molar-refractivity contribution is 8.14. The van der Waals surface area contributed by atoms with Gasteiger partial charge in [-0.2, -0.15) is 0 Å². The van der Waals surface area contributed by atoms with Crippen LogP contribution >= 0.6 is 11.8 Å². The average Bonchev–Trinajstić information content (AvgIpc) is 2.75. The first-order valence-electron chi connectivity index (χ1n) is 5.66. The predicted octanol–water partition coefficient (Wildman–Crippen LogP) is 1.97. The molecule has 0 spiro atoms. The van der Waals surface area contributed by atoms with Gasteiger partial charge >= 0.3 is 0 Å². The monoisotopic (exact) mass is 299 g/mol. The molecular formula is C12H11F2N3O2S. The summed E-state index contributed by atoms with van der Waals surface area (Å²) in [7, 11) is 0. The van der Waals surface area contributed by atoms with Crippen LogP contribution in [-0.2, 0) is 9.59 Å². The van der Waals surface area contributed by atoms with E-state index in [1.54, 1.807) is 0 Å². The van der Waals surface area contributed by atoms with Crippen molar-refractivity contribution in [3.63, 3.8) is 0 Å². The van der Waals surface area contributed by atoms with E-state index in [0.717, 1.165) is 35.0 Å². The molecule has 1 aromatic carbocycles. The molecule has 0 aliphatic carbocycles. The molecule has 1 unspecified atom stereocenters. The van der Waals surface area contributed by atoms with Crippen molar-refractivity contribution < 1.29 is 18.4 Å². The summed E-state index contributed by atoms with van der Waals surface area (Å²) < 4.78 is 27.0. The van der Waals surface area contributed by atoms with Gasteiger partial charge in [-0.15, -0.1) is 5.10 Å². The lowest BCUT2D eigenvalue weighted by Crippen LogP contribution is -2.25. The number of hydrazone groups is 1. The Morgan fingerprint density at radius 2 is 2.05 bits per heavy atom. The molecule has 8 heteroatoms. The number of thioether (sulfide) groups is 1. The number of nitrogens with zero attached hydrogens (tertiary/aromatic N) is 2. The third kappa shape index (κ3) is 2.96. The standard InChI is InChI=1S/C12H11F2N3O2S/c1-6(18)15-12-16-17(7(2)19)11(20-12)9-5-8(13)3-4-10(9)14/h3-5,11H,1-2H3,(H,15,16,18). The Kier molecular flexibility index (Phi) is 4.03. The van der Waals surface area contributed by atoms with Crippen molar-refractivity contribution in [2.45, 2.75) is 19.2 Å². The van der Waals surface area contributed by atoms with E-state index in [9.17, 15) is 18.4 Å². The minimum Gasteiger partial charge on any atom is -0.304 e. The van der Waals surface area contributed by atoms with Gasteiger partial charge in [-0.1, -0.05) is 11.8 Å². The number of benzene rings is 1. The van der Waals surface area contributed by atoms with E-state index in [-0.39, 0.29) is 16.6 Å². The fourth-order valence-electron chi connectivity index (χ4n) is 1.67. The Balaban J connectivity index is 2.34. The molecule has 1 atom stereocenters. The minimum atomic E-state index is -0.843. The molecule has 0 fully saturated rings. The number of carbonyl (C=O) groups excluding carboxylic acids is 2. The Hall–Kier alpha value is -1.96. The molecule has 1 heterocycles. The molecule has 106 valence electrons. The highest BCUT2D eigenvalue weighted by Gasteiger charge is 2.34. The first-order valence-corrected chi connectivity index (χ1v) is 6.54. The highest BCUT2D eigenvalue weighted by Crippen LogP contribution is 2.39. The fraction of sp³-hybridized carbons (Fsp3) is 0.250. The summed E-state index contributed by atoms with van der Waals surface area (Å²) in [5.74, 6) is -2.06. The fourth-order valence-corrected chi connectivity index (χ4v) is 2.82. The molecule has 20 heavy (non-hydrogen) atoms. The third-order valence-electron chi connectivity index (χ3n) is 2.47. The Bertz CT molecular complexity index is 606. The lowest BCUT2D eigenvalue weighted by Gasteiger charge is -2.19. The molecule has 2 amide bonds. The van der Waals surface area contributed by atoms with E-state index in [1.807, 2.05) is 0 Å². The summed E-state index contributed by atoms with van der Waals surface area (Å²) in [6.45, 7) is 2.54. The largest absolute Gasteiger partial charge is 0.304 e. The molecule has 0 radical (unpaired) electrons. The van der Waals surface area contributed by atoms with Gasteiger partial charge in [0, 0.05) is 19.4 Å². The van der Waals surface area contributed by atoms with Crippen molar-refractivity contribution in [3.05, 3.63) is 35.4 Å². The maximum Gasteiger partial charge on any atom is 0.241 e. The zero-order valence-electron chi connectivity index (χ0n) is 10.7. The zero-order chi connectivity index (χ0) is 14.9. The van der Waals surface area contributed by atoms with Crippen molar-refractivity contribution in [1.82, 2.24) is 10.3 Å². The summed E-state index contributed by atoms with van der Waals surface area (Å²) in [4.78, 5) is 22.5. The van der Waals surface area contributed by atoms with Crippen LogP contribution < -0.4 is 5.32 Å². The molecule has 1 aliphatic heterocycles. The quantitative estimate of drug-likeness (QED) is 0.862. The number of carbonyl (C=O) groups is 2. The second kappa shape index (κ2) is 5.58. The molecule has 1 aromatic rings. The second-order valence-corrected chi connectivity index (χ2v) is 5.15. The van der Waals surface area contributed by atoms with Gasteiger partial charge < -0.3 is 5.32 Å². The number of amides is 2. The van der Waals surface area contributed by atoms with Gasteiger partial charge in [0.1, 0.15) is 17.0 Å².